The lowest BCUT2D eigenvalue weighted by Crippen LogP contribution is -2.41. The zero-order valence-electron chi connectivity index (χ0n) is 27.4. The molecule has 268 valence electrons. The van der Waals surface area contributed by atoms with Crippen LogP contribution >= 0.6 is 46.8 Å². The molecule has 0 bridgehead atoms. The number of anilines is 4. The molecule has 51 heavy (non-hydrogen) atoms. The molecule has 5 aromatic carbocycles. The van der Waals surface area contributed by atoms with E-state index in [0.29, 0.717) is 23.0 Å². The highest BCUT2D eigenvalue weighted by atomic mass is 35.5. The van der Waals surface area contributed by atoms with E-state index in [4.69, 9.17) is 34.8 Å². The highest BCUT2D eigenvalue weighted by Gasteiger charge is 2.32. The molecule has 0 aliphatic rings. The van der Waals surface area contributed by atoms with Crippen molar-refractivity contribution in [3.63, 3.8) is 0 Å². The average molecular weight is 794 g/mol. The lowest BCUT2D eigenvalue weighted by Gasteiger charge is -2.31. The summed E-state index contributed by atoms with van der Waals surface area (Å²) in [7, 11) is -4.23. The Kier molecular flexibility index (Phi) is 12.6. The Labute approximate surface area is 314 Å². The molecule has 2 N–H and O–H groups in total. The molecule has 0 radical (unpaired) electrons. The van der Waals surface area contributed by atoms with Crippen LogP contribution in [0.2, 0.25) is 15.1 Å². The summed E-state index contributed by atoms with van der Waals surface area (Å²) in [6.45, 7) is 4.14. The number of sulfonamides is 1. The van der Waals surface area contributed by atoms with Crippen LogP contribution < -0.4 is 30.1 Å². The van der Waals surface area contributed by atoms with E-state index in [1.54, 1.807) is 35.5 Å². The minimum Gasteiger partial charge on any atom is -0.380 e. The maximum Gasteiger partial charge on any atom is 0.264 e. The summed E-state index contributed by atoms with van der Waals surface area (Å²) >= 11 is 19.6. The van der Waals surface area contributed by atoms with Crippen molar-refractivity contribution in [3.8, 4) is 0 Å². The number of nitrogens with zero attached hydrogens (tertiary/aromatic N) is 2. The predicted octanol–water partition coefficient (Wildman–Crippen LogP) is 8.93. The van der Waals surface area contributed by atoms with Crippen LogP contribution in [0.3, 0.4) is 0 Å². The van der Waals surface area contributed by atoms with Gasteiger partial charge < -0.3 is 14.9 Å². The zero-order valence-corrected chi connectivity index (χ0v) is 31.3. The highest BCUT2D eigenvalue weighted by molar-refractivity contribution is 8.00. The summed E-state index contributed by atoms with van der Waals surface area (Å²) in [4.78, 5) is 25.8. The molecule has 0 amide bonds. The molecule has 0 aromatic heterocycles. The number of rotatable bonds is 16. The molecule has 0 aliphatic heterocycles. The SMILES string of the molecule is Cc1ccc(S(=O)(=O)N(c2cc(Cl)ccc2F)[C@H](C)CCNc2c(NCCCN(Sc3ccc(Cl)cc3)c3cc(Cl)ccc3F)c(=O)c2=O)cc1. The topological polar surface area (TPSA) is 98.8 Å². The highest BCUT2D eigenvalue weighted by Crippen LogP contribution is 2.34. The fourth-order valence-corrected chi connectivity index (χ4v) is 8.40. The van der Waals surface area contributed by atoms with Crippen LogP contribution in [0.5, 0.6) is 0 Å². The van der Waals surface area contributed by atoms with Crippen LogP contribution in [0, 0.1) is 18.6 Å². The number of hydrogen-bond acceptors (Lipinski definition) is 8. The molecule has 0 aliphatic carbocycles. The second-order valence-electron chi connectivity index (χ2n) is 11.7. The van der Waals surface area contributed by atoms with Crippen LogP contribution in [0.25, 0.3) is 0 Å². The normalized spacial score (nSPS) is 12.1. The minimum absolute atomic E-state index is 0.0236. The number of hydrogen-bond donors (Lipinski definition) is 2. The second-order valence-corrected chi connectivity index (χ2v) is 15.9. The third kappa shape index (κ3) is 9.17. The monoisotopic (exact) mass is 792 g/mol. The van der Waals surface area contributed by atoms with E-state index in [9.17, 15) is 22.4 Å². The van der Waals surface area contributed by atoms with Crippen molar-refractivity contribution in [2.45, 2.75) is 42.5 Å². The van der Waals surface area contributed by atoms with Gasteiger partial charge in [-0.05, 0) is 111 Å². The van der Waals surface area contributed by atoms with Gasteiger partial charge in [-0.25, -0.2) is 17.2 Å². The maximum absolute atomic E-state index is 15.1. The summed E-state index contributed by atoms with van der Waals surface area (Å²) in [5, 5.41) is 7.05. The average Bonchev–Trinajstić information content (AvgIpc) is 3.10. The van der Waals surface area contributed by atoms with Gasteiger partial charge in [-0.1, -0.05) is 52.5 Å². The van der Waals surface area contributed by atoms with Crippen molar-refractivity contribution in [1.29, 1.82) is 0 Å². The van der Waals surface area contributed by atoms with Crippen LogP contribution in [0.1, 0.15) is 25.3 Å². The molecule has 0 spiro atoms. The van der Waals surface area contributed by atoms with Crippen LogP contribution in [0.15, 0.2) is 104 Å². The lowest BCUT2D eigenvalue weighted by atomic mass is 10.1. The van der Waals surface area contributed by atoms with E-state index >= 15 is 4.39 Å². The van der Waals surface area contributed by atoms with Crippen molar-refractivity contribution in [1.82, 2.24) is 0 Å². The Morgan fingerprint density at radius 2 is 1.27 bits per heavy atom. The van der Waals surface area contributed by atoms with E-state index < -0.39 is 38.6 Å². The molecular weight excluding hydrogens is 761 g/mol. The van der Waals surface area contributed by atoms with E-state index in [1.165, 1.54) is 54.4 Å². The third-order valence-corrected chi connectivity index (χ3v) is 11.7. The molecule has 0 heterocycles. The Morgan fingerprint density at radius 3 is 1.88 bits per heavy atom. The first-order valence-corrected chi connectivity index (χ1v) is 19.1. The maximum atomic E-state index is 15.1. The van der Waals surface area contributed by atoms with Crippen LogP contribution in [0.4, 0.5) is 31.5 Å². The summed E-state index contributed by atoms with van der Waals surface area (Å²) in [6, 6.07) is 20.5. The molecule has 5 rings (SSSR count). The Balaban J connectivity index is 1.25. The number of benzene rings is 4. The van der Waals surface area contributed by atoms with Gasteiger partial charge in [0.05, 0.1) is 16.3 Å². The summed E-state index contributed by atoms with van der Waals surface area (Å²) in [5.41, 5.74) is -0.310. The lowest BCUT2D eigenvalue weighted by molar-refractivity contribution is 0.565. The standard InChI is InChI=1S/C36H33Cl3F2N4O4S2/c1-22-4-12-28(13-5-22)51(48,49)45(32-21-26(39)9-15-30(32)41)23(2)16-18-43-34-33(35(46)36(34)47)42-17-3-19-44(31-20-25(38)8-14-29(31)40)50-27-10-6-24(37)7-11-27/h4-15,20-21,23,42-43H,3,16-19H2,1-2H3/t23-/m1/s1. The molecule has 0 unspecified atom stereocenters. The van der Waals surface area contributed by atoms with Crippen molar-refractivity contribution >= 4 is 79.5 Å². The zero-order chi connectivity index (χ0) is 36.9. The Hall–Kier alpha value is -3.81. The molecule has 0 saturated carbocycles. The van der Waals surface area contributed by atoms with Gasteiger partial charge in [0.25, 0.3) is 20.9 Å². The van der Waals surface area contributed by atoms with Crippen molar-refractivity contribution in [3.05, 3.63) is 138 Å². The van der Waals surface area contributed by atoms with E-state index in [1.807, 2.05) is 19.1 Å². The van der Waals surface area contributed by atoms with Gasteiger partial charge in [0.15, 0.2) is 0 Å². The second kappa shape index (κ2) is 16.7. The molecule has 0 saturated heterocycles. The molecule has 1 atom stereocenters. The first kappa shape index (κ1) is 38.4. The first-order valence-electron chi connectivity index (χ1n) is 15.8. The van der Waals surface area contributed by atoms with Crippen molar-refractivity contribution in [2.75, 3.05) is 38.9 Å². The van der Waals surface area contributed by atoms with E-state index in [2.05, 4.69) is 10.6 Å². The predicted molar refractivity (Wildman–Crippen MR) is 205 cm³/mol. The van der Waals surface area contributed by atoms with Crippen molar-refractivity contribution in [2.24, 2.45) is 0 Å². The van der Waals surface area contributed by atoms with E-state index in [-0.39, 0.29) is 52.2 Å². The van der Waals surface area contributed by atoms with Gasteiger partial charge in [0.2, 0.25) is 0 Å². The summed E-state index contributed by atoms with van der Waals surface area (Å²) < 4.78 is 60.3. The van der Waals surface area contributed by atoms with Crippen LogP contribution in [-0.4, -0.2) is 34.1 Å². The molecule has 15 heteroatoms. The van der Waals surface area contributed by atoms with Gasteiger partial charge in [0.1, 0.15) is 23.0 Å². The molecule has 5 aromatic rings. The largest absolute Gasteiger partial charge is 0.380 e. The molecular formula is C36H33Cl3F2N4O4S2. The van der Waals surface area contributed by atoms with Crippen molar-refractivity contribution < 1.29 is 17.2 Å². The quantitative estimate of drug-likeness (QED) is 0.0581. The summed E-state index contributed by atoms with van der Waals surface area (Å²) in [5.74, 6) is -1.23. The van der Waals surface area contributed by atoms with Gasteiger partial charge in [-0.2, -0.15) is 0 Å². The number of aryl methyl sites for hydroxylation is 1. The first-order chi connectivity index (χ1) is 24.3. The number of halogens is 5. The Bertz CT molecular complexity index is 2180. The van der Waals surface area contributed by atoms with Crippen LogP contribution in [-0.2, 0) is 10.0 Å². The number of nitrogens with one attached hydrogen (secondary N) is 2. The van der Waals surface area contributed by atoms with Gasteiger partial charge in [0, 0.05) is 45.6 Å². The summed E-state index contributed by atoms with van der Waals surface area (Å²) in [6.07, 6.45) is 0.580. The Morgan fingerprint density at radius 1 is 0.745 bits per heavy atom. The molecule has 8 nitrogen and oxygen atoms in total. The molecule has 0 fully saturated rings. The van der Waals surface area contributed by atoms with Gasteiger partial charge >= 0.3 is 0 Å². The smallest absolute Gasteiger partial charge is 0.264 e. The van der Waals surface area contributed by atoms with Gasteiger partial charge in [-0.3, -0.25) is 13.9 Å². The minimum atomic E-state index is -4.23. The van der Waals surface area contributed by atoms with Gasteiger partial charge in [-0.15, -0.1) is 0 Å². The fourth-order valence-electron chi connectivity index (χ4n) is 5.29. The van der Waals surface area contributed by atoms with E-state index in [0.717, 1.165) is 20.8 Å². The third-order valence-electron chi connectivity index (χ3n) is 7.94. The fraction of sp³-hybridized carbons (Fsp3) is 0.222.